The van der Waals surface area contributed by atoms with Crippen molar-refractivity contribution in [3.05, 3.63) is 53.8 Å². The molecule has 1 aliphatic heterocycles. The first-order valence-corrected chi connectivity index (χ1v) is 7.68. The molecule has 0 saturated carbocycles. The molecular formula is C15H15N3O2S. The number of amides is 1. The van der Waals surface area contributed by atoms with Gasteiger partial charge in [-0.3, -0.25) is 19.4 Å². The predicted molar refractivity (Wildman–Crippen MR) is 80.0 cm³/mol. The lowest BCUT2D eigenvalue weighted by Crippen LogP contribution is -2.48. The second kappa shape index (κ2) is 6.37. The average molecular weight is 301 g/mol. The molecule has 1 aromatic rings. The molecule has 108 valence electrons. The molecule has 1 atom stereocenters. The largest absolute Gasteiger partial charge is 0.296 e. The SMILES string of the molecule is C=C1NN(CCS(=O)c2ccccc2)C(=O)C(C#N)=C1C. The topological polar surface area (TPSA) is 73.2 Å². The van der Waals surface area contributed by atoms with E-state index in [9.17, 15) is 9.00 Å². The lowest BCUT2D eigenvalue weighted by Gasteiger charge is -2.30. The monoisotopic (exact) mass is 301 g/mol. The van der Waals surface area contributed by atoms with Crippen molar-refractivity contribution in [1.29, 1.82) is 5.26 Å². The first kappa shape index (κ1) is 15.0. The van der Waals surface area contributed by atoms with Crippen molar-refractivity contribution < 1.29 is 9.00 Å². The van der Waals surface area contributed by atoms with E-state index in [4.69, 9.17) is 5.26 Å². The van der Waals surface area contributed by atoms with E-state index in [2.05, 4.69) is 12.0 Å². The van der Waals surface area contributed by atoms with Crippen molar-refractivity contribution in [2.45, 2.75) is 11.8 Å². The second-order valence-corrected chi connectivity index (χ2v) is 6.09. The highest BCUT2D eigenvalue weighted by Crippen LogP contribution is 2.18. The molecule has 0 aromatic heterocycles. The smallest absolute Gasteiger partial charge is 0.283 e. The van der Waals surface area contributed by atoms with Crippen molar-refractivity contribution in [1.82, 2.24) is 10.4 Å². The summed E-state index contributed by atoms with van der Waals surface area (Å²) < 4.78 is 12.1. The van der Waals surface area contributed by atoms with Crippen LogP contribution >= 0.6 is 0 Å². The molecule has 1 heterocycles. The molecule has 6 heteroatoms. The molecule has 0 bridgehead atoms. The van der Waals surface area contributed by atoms with Crippen LogP contribution in [-0.4, -0.2) is 27.4 Å². The van der Waals surface area contributed by atoms with Gasteiger partial charge in [0.15, 0.2) is 0 Å². The van der Waals surface area contributed by atoms with Gasteiger partial charge in [0.2, 0.25) is 0 Å². The van der Waals surface area contributed by atoms with Crippen LogP contribution in [0.15, 0.2) is 58.6 Å². The van der Waals surface area contributed by atoms with Crippen molar-refractivity contribution in [2.24, 2.45) is 0 Å². The predicted octanol–water partition coefficient (Wildman–Crippen LogP) is 1.49. The molecule has 5 nitrogen and oxygen atoms in total. The number of carbonyl (C=O) groups is 1. The van der Waals surface area contributed by atoms with E-state index in [1.54, 1.807) is 19.1 Å². The first-order chi connectivity index (χ1) is 10.0. The Balaban J connectivity index is 2.05. The minimum atomic E-state index is -1.20. The zero-order valence-electron chi connectivity index (χ0n) is 11.6. The van der Waals surface area contributed by atoms with Gasteiger partial charge in [0.05, 0.1) is 23.0 Å². The Morgan fingerprint density at radius 2 is 2.05 bits per heavy atom. The normalized spacial score (nSPS) is 16.5. The number of allylic oxidation sites excluding steroid dienone is 1. The minimum absolute atomic E-state index is 0.0734. The van der Waals surface area contributed by atoms with Crippen LogP contribution < -0.4 is 5.43 Å². The summed E-state index contributed by atoms with van der Waals surface area (Å²) in [6.45, 7) is 5.68. The van der Waals surface area contributed by atoms with Crippen molar-refractivity contribution in [2.75, 3.05) is 12.3 Å². The zero-order valence-corrected chi connectivity index (χ0v) is 12.4. The first-order valence-electron chi connectivity index (χ1n) is 6.36. The maximum atomic E-state index is 12.1. The second-order valence-electron chi connectivity index (χ2n) is 4.52. The van der Waals surface area contributed by atoms with Gasteiger partial charge in [-0.05, 0) is 24.6 Å². The molecule has 21 heavy (non-hydrogen) atoms. The molecule has 1 aromatic carbocycles. The Labute approximate surface area is 126 Å². The van der Waals surface area contributed by atoms with Gasteiger partial charge in [-0.15, -0.1) is 0 Å². The Bertz CT molecular complexity index is 674. The summed E-state index contributed by atoms with van der Waals surface area (Å²) in [7, 11) is -1.20. The maximum absolute atomic E-state index is 12.1. The molecule has 0 saturated heterocycles. The molecule has 0 radical (unpaired) electrons. The van der Waals surface area contributed by atoms with E-state index in [0.717, 1.165) is 0 Å². The van der Waals surface area contributed by atoms with Gasteiger partial charge in [0.25, 0.3) is 5.91 Å². The quantitative estimate of drug-likeness (QED) is 0.914. The Hall–Kier alpha value is -2.39. The molecular weight excluding hydrogens is 286 g/mol. The summed E-state index contributed by atoms with van der Waals surface area (Å²) in [4.78, 5) is 12.8. The molecule has 0 fully saturated rings. The third kappa shape index (κ3) is 3.20. The Kier molecular flexibility index (Phi) is 4.55. The van der Waals surface area contributed by atoms with E-state index >= 15 is 0 Å². The van der Waals surface area contributed by atoms with Gasteiger partial charge in [0, 0.05) is 10.6 Å². The number of nitrogens with zero attached hydrogens (tertiary/aromatic N) is 2. The molecule has 1 aliphatic rings. The number of hydrazine groups is 1. The van der Waals surface area contributed by atoms with Crippen LogP contribution in [0.5, 0.6) is 0 Å². The number of carbonyl (C=O) groups excluding carboxylic acids is 1. The lowest BCUT2D eigenvalue weighted by atomic mass is 10.1. The average Bonchev–Trinajstić information content (AvgIpc) is 2.51. The van der Waals surface area contributed by atoms with Crippen molar-refractivity contribution in [3.8, 4) is 6.07 Å². The van der Waals surface area contributed by atoms with E-state index < -0.39 is 16.7 Å². The van der Waals surface area contributed by atoms with Crippen LogP contribution in [0, 0.1) is 11.3 Å². The van der Waals surface area contributed by atoms with Crippen molar-refractivity contribution in [3.63, 3.8) is 0 Å². The van der Waals surface area contributed by atoms with Crippen LogP contribution in [-0.2, 0) is 15.6 Å². The maximum Gasteiger partial charge on any atom is 0.283 e. The number of benzene rings is 1. The molecule has 1 unspecified atom stereocenters. The van der Waals surface area contributed by atoms with E-state index in [0.29, 0.717) is 16.2 Å². The van der Waals surface area contributed by atoms with Crippen LogP contribution in [0.2, 0.25) is 0 Å². The number of hydrogen-bond acceptors (Lipinski definition) is 4. The number of nitriles is 1. The fraction of sp³-hybridized carbons (Fsp3) is 0.200. The van der Waals surface area contributed by atoms with E-state index in [1.165, 1.54) is 5.01 Å². The standard InChI is InChI=1S/C15H15N3O2S/c1-11-12(2)17-18(15(19)14(11)10-16)8-9-21(20)13-6-4-3-5-7-13/h3-7,17H,2,8-9H2,1H3. The summed E-state index contributed by atoms with van der Waals surface area (Å²) in [5.41, 5.74) is 3.96. The highest BCUT2D eigenvalue weighted by atomic mass is 32.2. The van der Waals surface area contributed by atoms with Crippen LogP contribution in [0.3, 0.4) is 0 Å². The van der Waals surface area contributed by atoms with Crippen LogP contribution in [0.4, 0.5) is 0 Å². The van der Waals surface area contributed by atoms with E-state index in [-0.39, 0.29) is 17.9 Å². The summed E-state index contributed by atoms with van der Waals surface area (Å²) in [6.07, 6.45) is 0. The van der Waals surface area contributed by atoms with Gasteiger partial charge in [-0.2, -0.15) is 5.26 Å². The number of rotatable bonds is 4. The molecule has 2 rings (SSSR count). The summed E-state index contributed by atoms with van der Waals surface area (Å²) in [5.74, 6) is -0.124. The molecule has 0 aliphatic carbocycles. The Morgan fingerprint density at radius 1 is 1.38 bits per heavy atom. The summed E-state index contributed by atoms with van der Waals surface area (Å²) in [5, 5.41) is 10.3. The van der Waals surface area contributed by atoms with Crippen molar-refractivity contribution >= 4 is 16.7 Å². The van der Waals surface area contributed by atoms with Gasteiger partial charge in [0.1, 0.15) is 11.6 Å². The van der Waals surface area contributed by atoms with Crippen LogP contribution in [0.25, 0.3) is 0 Å². The molecule has 0 spiro atoms. The minimum Gasteiger partial charge on any atom is -0.296 e. The highest BCUT2D eigenvalue weighted by Gasteiger charge is 2.27. The fourth-order valence-corrected chi connectivity index (χ4v) is 2.94. The van der Waals surface area contributed by atoms with E-state index in [1.807, 2.05) is 24.3 Å². The third-order valence-corrected chi connectivity index (χ3v) is 4.53. The van der Waals surface area contributed by atoms with Crippen LogP contribution in [0.1, 0.15) is 6.92 Å². The molecule has 1 N–H and O–H groups in total. The van der Waals surface area contributed by atoms with Gasteiger partial charge < -0.3 is 0 Å². The number of nitrogens with one attached hydrogen (secondary N) is 1. The van der Waals surface area contributed by atoms with Gasteiger partial charge >= 0.3 is 0 Å². The number of hydrogen-bond donors (Lipinski definition) is 1. The zero-order chi connectivity index (χ0) is 15.4. The third-order valence-electron chi connectivity index (χ3n) is 3.17. The summed E-state index contributed by atoms with van der Waals surface area (Å²) >= 11 is 0. The fourth-order valence-electron chi connectivity index (χ4n) is 1.90. The highest BCUT2D eigenvalue weighted by molar-refractivity contribution is 7.85. The van der Waals surface area contributed by atoms with Gasteiger partial charge in [-0.1, -0.05) is 24.8 Å². The Morgan fingerprint density at radius 3 is 2.67 bits per heavy atom. The molecule has 1 amide bonds. The van der Waals surface area contributed by atoms with Gasteiger partial charge in [-0.25, -0.2) is 0 Å². The lowest BCUT2D eigenvalue weighted by molar-refractivity contribution is -0.129. The summed E-state index contributed by atoms with van der Waals surface area (Å²) in [6, 6.07) is 11.0.